The molecule has 5 rings (SSSR count). The van der Waals surface area contributed by atoms with Crippen LogP contribution in [-0.2, 0) is 25.3 Å². The molecule has 0 spiro atoms. The van der Waals surface area contributed by atoms with E-state index >= 15 is 0 Å². The van der Waals surface area contributed by atoms with E-state index in [-0.39, 0.29) is 11.2 Å². The fraction of sp³-hybridized carbons (Fsp3) is 0.200. The van der Waals surface area contributed by atoms with Crippen LogP contribution in [0.25, 0.3) is 33.9 Å². The van der Waals surface area contributed by atoms with Gasteiger partial charge in [-0.25, -0.2) is 9.59 Å². The Hall–Kier alpha value is -4.40. The SMILES string of the molecule is CCc1ccc(-c2cn3c4c(=O)n(C)c(=O)n(C)c4nc3n2-c2ccccc2C(=O)OC)cc1. The minimum absolute atomic E-state index is 0.264. The molecule has 34 heavy (non-hydrogen) atoms. The Balaban J connectivity index is 1.95. The molecule has 3 heterocycles. The predicted molar refractivity (Wildman–Crippen MR) is 129 cm³/mol. The monoisotopic (exact) mass is 457 g/mol. The summed E-state index contributed by atoms with van der Waals surface area (Å²) in [7, 11) is 4.35. The molecule has 0 saturated carbocycles. The molecule has 0 atom stereocenters. The molecule has 0 saturated heterocycles. The first-order chi connectivity index (χ1) is 16.4. The van der Waals surface area contributed by atoms with Crippen LogP contribution in [0.1, 0.15) is 22.8 Å². The molecule has 0 N–H and O–H groups in total. The highest BCUT2D eigenvalue weighted by Crippen LogP contribution is 2.30. The summed E-state index contributed by atoms with van der Waals surface area (Å²) in [5.74, 6) is -0.0895. The molecule has 5 aromatic rings. The third kappa shape index (κ3) is 3.01. The van der Waals surface area contributed by atoms with Crippen molar-refractivity contribution < 1.29 is 9.53 Å². The van der Waals surface area contributed by atoms with E-state index in [1.54, 1.807) is 29.6 Å². The molecule has 2 aromatic carbocycles. The first-order valence-electron chi connectivity index (χ1n) is 10.8. The summed E-state index contributed by atoms with van der Waals surface area (Å²) in [4.78, 5) is 42.9. The number of hydrogen-bond donors (Lipinski definition) is 0. The number of carbonyl (C=O) groups excluding carboxylic acids is 1. The number of nitrogens with zero attached hydrogens (tertiary/aromatic N) is 5. The number of ether oxygens (including phenoxy) is 1. The number of para-hydroxylation sites is 1. The Bertz CT molecular complexity index is 1700. The maximum absolute atomic E-state index is 13.1. The molecule has 0 fully saturated rings. The van der Waals surface area contributed by atoms with Crippen molar-refractivity contribution in [2.45, 2.75) is 13.3 Å². The third-order valence-electron chi connectivity index (χ3n) is 6.17. The zero-order valence-corrected chi connectivity index (χ0v) is 19.3. The molecule has 3 aromatic heterocycles. The van der Waals surface area contributed by atoms with Crippen LogP contribution >= 0.6 is 0 Å². The van der Waals surface area contributed by atoms with Gasteiger partial charge in [0.25, 0.3) is 5.56 Å². The molecule has 0 unspecified atom stereocenters. The van der Waals surface area contributed by atoms with Crippen molar-refractivity contribution in [2.24, 2.45) is 14.1 Å². The summed E-state index contributed by atoms with van der Waals surface area (Å²) in [6.45, 7) is 2.09. The van der Waals surface area contributed by atoms with Gasteiger partial charge in [0.15, 0.2) is 11.2 Å². The molecule has 0 radical (unpaired) electrons. The molecular weight excluding hydrogens is 434 g/mol. The summed E-state index contributed by atoms with van der Waals surface area (Å²) in [6, 6.07) is 15.1. The lowest BCUT2D eigenvalue weighted by molar-refractivity contribution is 0.0601. The lowest BCUT2D eigenvalue weighted by Gasteiger charge is -2.13. The average molecular weight is 457 g/mol. The van der Waals surface area contributed by atoms with Gasteiger partial charge in [0, 0.05) is 25.9 Å². The van der Waals surface area contributed by atoms with Crippen LogP contribution in [0.4, 0.5) is 0 Å². The van der Waals surface area contributed by atoms with E-state index in [1.165, 1.54) is 24.3 Å². The second-order valence-electron chi connectivity index (χ2n) is 8.07. The molecular formula is C25H23N5O4. The maximum atomic E-state index is 13.1. The van der Waals surface area contributed by atoms with Crippen molar-refractivity contribution in [3.63, 3.8) is 0 Å². The molecule has 0 aliphatic carbocycles. The van der Waals surface area contributed by atoms with Gasteiger partial charge in [-0.3, -0.25) is 22.9 Å². The summed E-state index contributed by atoms with van der Waals surface area (Å²) in [5, 5.41) is 0. The lowest BCUT2D eigenvalue weighted by Crippen LogP contribution is -2.37. The number of carbonyl (C=O) groups is 1. The Labute approximate surface area is 194 Å². The zero-order valence-electron chi connectivity index (χ0n) is 19.3. The van der Waals surface area contributed by atoms with Crippen LogP contribution < -0.4 is 11.2 Å². The Morgan fingerprint density at radius 2 is 1.71 bits per heavy atom. The third-order valence-corrected chi connectivity index (χ3v) is 6.17. The average Bonchev–Trinajstić information content (AvgIpc) is 3.42. The van der Waals surface area contributed by atoms with Crippen molar-refractivity contribution in [1.82, 2.24) is 23.1 Å². The number of esters is 1. The number of methoxy groups -OCH3 is 1. The molecule has 0 amide bonds. The quantitative estimate of drug-likeness (QED) is 0.387. The van der Waals surface area contributed by atoms with Gasteiger partial charge < -0.3 is 4.74 Å². The Morgan fingerprint density at radius 3 is 2.38 bits per heavy atom. The fourth-order valence-electron chi connectivity index (χ4n) is 4.27. The molecule has 0 aliphatic rings. The van der Waals surface area contributed by atoms with Crippen LogP contribution in [0, 0.1) is 0 Å². The number of benzene rings is 2. The molecule has 0 aliphatic heterocycles. The second-order valence-corrected chi connectivity index (χ2v) is 8.07. The van der Waals surface area contributed by atoms with Crippen molar-refractivity contribution in [2.75, 3.05) is 7.11 Å². The number of fused-ring (bicyclic) bond motifs is 3. The smallest absolute Gasteiger partial charge is 0.339 e. The standard InChI is InChI=1S/C25H23N5O4/c1-5-15-10-12-16(13-11-15)19-14-29-20-21(27(2)25(33)28(3)22(20)31)26-24(29)30(19)18-9-7-6-8-17(18)23(32)34-4/h6-14H,5H2,1-4H3. The van der Waals surface area contributed by atoms with Gasteiger partial charge in [-0.05, 0) is 24.1 Å². The van der Waals surface area contributed by atoms with Gasteiger partial charge in [-0.15, -0.1) is 0 Å². The van der Waals surface area contributed by atoms with Crippen LogP contribution in [0.15, 0.2) is 64.3 Å². The number of aryl methyl sites for hydroxylation is 2. The van der Waals surface area contributed by atoms with Crippen LogP contribution in [0.2, 0.25) is 0 Å². The van der Waals surface area contributed by atoms with Gasteiger partial charge in [0.05, 0.1) is 24.1 Å². The topological polar surface area (TPSA) is 92.5 Å². The van der Waals surface area contributed by atoms with Crippen LogP contribution in [0.5, 0.6) is 0 Å². The van der Waals surface area contributed by atoms with E-state index < -0.39 is 17.2 Å². The van der Waals surface area contributed by atoms with E-state index in [1.807, 2.05) is 41.1 Å². The van der Waals surface area contributed by atoms with Crippen molar-refractivity contribution in [1.29, 1.82) is 0 Å². The molecule has 0 bridgehead atoms. The van der Waals surface area contributed by atoms with Crippen molar-refractivity contribution >= 4 is 22.9 Å². The predicted octanol–water partition coefficient (Wildman–Crippen LogP) is 2.69. The largest absolute Gasteiger partial charge is 0.465 e. The molecule has 172 valence electrons. The highest BCUT2D eigenvalue weighted by molar-refractivity contribution is 5.94. The van der Waals surface area contributed by atoms with Crippen molar-refractivity contribution in [3.05, 3.63) is 86.7 Å². The highest BCUT2D eigenvalue weighted by Gasteiger charge is 2.24. The zero-order chi connectivity index (χ0) is 24.1. The lowest BCUT2D eigenvalue weighted by atomic mass is 10.1. The van der Waals surface area contributed by atoms with Gasteiger partial charge in [-0.2, -0.15) is 4.98 Å². The van der Waals surface area contributed by atoms with E-state index in [9.17, 15) is 14.4 Å². The Kier molecular flexibility index (Phi) is 4.97. The number of rotatable bonds is 4. The number of aromatic nitrogens is 5. The van der Waals surface area contributed by atoms with E-state index in [0.29, 0.717) is 17.0 Å². The minimum Gasteiger partial charge on any atom is -0.465 e. The minimum atomic E-state index is -0.492. The van der Waals surface area contributed by atoms with E-state index in [4.69, 9.17) is 4.74 Å². The normalized spacial score (nSPS) is 11.4. The summed E-state index contributed by atoms with van der Waals surface area (Å²) in [5.41, 5.74) is 3.35. The van der Waals surface area contributed by atoms with E-state index in [2.05, 4.69) is 11.9 Å². The first-order valence-corrected chi connectivity index (χ1v) is 10.8. The summed E-state index contributed by atoms with van der Waals surface area (Å²) in [6.07, 6.45) is 2.72. The van der Waals surface area contributed by atoms with Gasteiger partial charge in [0.2, 0.25) is 5.78 Å². The van der Waals surface area contributed by atoms with Crippen LogP contribution in [0.3, 0.4) is 0 Å². The first kappa shape index (κ1) is 21.4. The van der Waals surface area contributed by atoms with E-state index in [0.717, 1.165) is 22.2 Å². The number of hydrogen-bond acceptors (Lipinski definition) is 5. The highest BCUT2D eigenvalue weighted by atomic mass is 16.5. The fourth-order valence-corrected chi connectivity index (χ4v) is 4.27. The van der Waals surface area contributed by atoms with Gasteiger partial charge >= 0.3 is 11.7 Å². The van der Waals surface area contributed by atoms with Gasteiger partial charge in [-0.1, -0.05) is 43.3 Å². The molecule has 9 heteroatoms. The second kappa shape index (κ2) is 7.87. The molecule has 9 nitrogen and oxygen atoms in total. The van der Waals surface area contributed by atoms with Gasteiger partial charge in [0.1, 0.15) is 0 Å². The maximum Gasteiger partial charge on any atom is 0.339 e. The summed E-state index contributed by atoms with van der Waals surface area (Å²) >= 11 is 0. The van der Waals surface area contributed by atoms with Crippen LogP contribution in [-0.4, -0.2) is 36.2 Å². The number of imidazole rings is 2. The van der Waals surface area contributed by atoms with Crippen molar-refractivity contribution in [3.8, 4) is 16.9 Å². The summed E-state index contributed by atoms with van der Waals surface area (Å²) < 4.78 is 10.9. The Morgan fingerprint density at radius 1 is 1.00 bits per heavy atom.